The lowest BCUT2D eigenvalue weighted by Crippen LogP contribution is -2.57. The largest absolute Gasteiger partial charge is 0.497 e. The van der Waals surface area contributed by atoms with Gasteiger partial charge in [0.2, 0.25) is 11.8 Å². The van der Waals surface area contributed by atoms with Gasteiger partial charge in [-0.15, -0.1) is 0 Å². The summed E-state index contributed by atoms with van der Waals surface area (Å²) >= 11 is 0. The fraction of sp³-hybridized carbons (Fsp3) is 0.525. The molecule has 2 aliphatic rings. The lowest BCUT2D eigenvalue weighted by Gasteiger charge is -2.29. The Morgan fingerprint density at radius 3 is 2.38 bits per heavy atom. The number of fused-ring (bicyclic) bond motifs is 1. The number of carbonyl (C=O) groups excluding carboxylic acids is 4. The van der Waals surface area contributed by atoms with Gasteiger partial charge in [-0.25, -0.2) is 14.6 Å². The van der Waals surface area contributed by atoms with Crippen molar-refractivity contribution in [1.29, 1.82) is 0 Å². The first kappa shape index (κ1) is 38.4. The van der Waals surface area contributed by atoms with E-state index in [9.17, 15) is 19.2 Å². The predicted octanol–water partition coefficient (Wildman–Crippen LogP) is 5.62. The SMILES string of the molecule is CCCC(NC(=O)[C@@H]1C[C@@H](Oc2cc(-c3ccccc3)nc3cc(OC)ccc23)CN1C(=O)N[C@H](C(=O)NCC1CCCCC1)C(C)C)C(=O)OC. The molecule has 280 valence electrons. The van der Waals surface area contributed by atoms with Crippen molar-refractivity contribution in [2.45, 2.75) is 96.4 Å². The van der Waals surface area contributed by atoms with Crippen molar-refractivity contribution in [3.8, 4) is 22.8 Å². The van der Waals surface area contributed by atoms with Crippen LogP contribution in [0.25, 0.3) is 22.2 Å². The van der Waals surface area contributed by atoms with Gasteiger partial charge in [-0.3, -0.25) is 9.59 Å². The molecular weight excluding hydrogens is 662 g/mol. The summed E-state index contributed by atoms with van der Waals surface area (Å²) in [6, 6.07) is 13.9. The molecule has 0 radical (unpaired) electrons. The standard InChI is InChI=1S/C40H53N5O7/c1-6-13-31(39(48)51-5)43-37(46)34-21-29(24-45(34)40(49)44-36(25(2)3)38(47)41-23-26-14-9-7-10-15-26)52-35-22-32(27-16-11-8-12-17-27)42-33-20-28(50-4)18-19-30(33)35/h8,11-12,16-20,22,25-26,29,31,34,36H,6-7,9-10,13-15,21,23-24H2,1-5H3,(H,41,47)(H,43,46)(H,44,49)/t29-,31?,34+,36+/m1/s1. The predicted molar refractivity (Wildman–Crippen MR) is 199 cm³/mol. The molecule has 0 spiro atoms. The number of pyridine rings is 1. The number of urea groups is 1. The molecule has 2 heterocycles. The lowest BCUT2D eigenvalue weighted by molar-refractivity contribution is -0.145. The molecule has 12 heteroatoms. The molecule has 1 saturated carbocycles. The molecule has 4 atom stereocenters. The van der Waals surface area contributed by atoms with Crippen molar-refractivity contribution in [2.24, 2.45) is 11.8 Å². The van der Waals surface area contributed by atoms with Crippen molar-refractivity contribution in [2.75, 3.05) is 27.3 Å². The first-order valence-electron chi connectivity index (χ1n) is 18.6. The van der Waals surface area contributed by atoms with Crippen LogP contribution in [0.3, 0.4) is 0 Å². The summed E-state index contributed by atoms with van der Waals surface area (Å²) in [5.41, 5.74) is 2.25. The summed E-state index contributed by atoms with van der Waals surface area (Å²) in [5, 5.41) is 9.55. The van der Waals surface area contributed by atoms with Gasteiger partial charge in [0, 0.05) is 36.0 Å². The van der Waals surface area contributed by atoms with Crippen LogP contribution in [-0.2, 0) is 19.1 Å². The van der Waals surface area contributed by atoms with E-state index in [4.69, 9.17) is 19.2 Å². The molecular formula is C40H53N5O7. The maximum absolute atomic E-state index is 14.1. The number of amides is 4. The molecule has 1 aliphatic carbocycles. The quantitative estimate of drug-likeness (QED) is 0.182. The van der Waals surface area contributed by atoms with Crippen LogP contribution in [-0.4, -0.2) is 85.2 Å². The van der Waals surface area contributed by atoms with E-state index in [2.05, 4.69) is 16.0 Å². The second-order valence-electron chi connectivity index (χ2n) is 14.2. The molecule has 12 nitrogen and oxygen atoms in total. The van der Waals surface area contributed by atoms with E-state index in [1.807, 2.05) is 75.4 Å². The van der Waals surface area contributed by atoms with Crippen molar-refractivity contribution < 1.29 is 33.4 Å². The van der Waals surface area contributed by atoms with Crippen LogP contribution in [0.5, 0.6) is 11.5 Å². The van der Waals surface area contributed by atoms with Crippen molar-refractivity contribution in [3.63, 3.8) is 0 Å². The van der Waals surface area contributed by atoms with Gasteiger partial charge in [0.15, 0.2) is 0 Å². The van der Waals surface area contributed by atoms with Gasteiger partial charge in [0.25, 0.3) is 0 Å². The molecule has 2 aromatic carbocycles. The highest BCUT2D eigenvalue weighted by molar-refractivity contribution is 5.93. The van der Waals surface area contributed by atoms with Crippen LogP contribution in [0.15, 0.2) is 54.6 Å². The molecule has 1 aliphatic heterocycles. The number of esters is 1. The number of hydrogen-bond donors (Lipinski definition) is 3. The number of nitrogens with zero attached hydrogens (tertiary/aromatic N) is 2. The Labute approximate surface area is 306 Å². The topological polar surface area (TPSA) is 148 Å². The summed E-state index contributed by atoms with van der Waals surface area (Å²) in [6.45, 7) is 6.31. The monoisotopic (exact) mass is 715 g/mol. The normalized spacial score (nSPS) is 18.8. The smallest absolute Gasteiger partial charge is 0.328 e. The molecule has 1 unspecified atom stereocenters. The number of ether oxygens (including phenoxy) is 3. The minimum absolute atomic E-state index is 0.0652. The maximum atomic E-state index is 14.1. The van der Waals surface area contributed by atoms with Crippen molar-refractivity contribution in [1.82, 2.24) is 25.8 Å². The summed E-state index contributed by atoms with van der Waals surface area (Å²) < 4.78 is 17.1. The Bertz CT molecular complexity index is 1690. The van der Waals surface area contributed by atoms with Gasteiger partial charge >= 0.3 is 12.0 Å². The average molecular weight is 716 g/mol. The van der Waals surface area contributed by atoms with Gasteiger partial charge in [0.05, 0.1) is 32.0 Å². The number of benzene rings is 2. The average Bonchev–Trinajstić information content (AvgIpc) is 3.59. The molecule has 4 amide bonds. The minimum Gasteiger partial charge on any atom is -0.497 e. The Kier molecular flexibility index (Phi) is 13.3. The molecule has 1 saturated heterocycles. The van der Waals surface area contributed by atoms with Crippen molar-refractivity contribution in [3.05, 3.63) is 54.6 Å². The number of hydrogen-bond acceptors (Lipinski definition) is 8. The fourth-order valence-corrected chi connectivity index (χ4v) is 7.14. The molecule has 1 aromatic heterocycles. The highest BCUT2D eigenvalue weighted by Crippen LogP contribution is 2.34. The highest BCUT2D eigenvalue weighted by Gasteiger charge is 2.43. The lowest BCUT2D eigenvalue weighted by atomic mass is 9.89. The first-order valence-corrected chi connectivity index (χ1v) is 18.6. The molecule has 2 fully saturated rings. The molecule has 3 N–H and O–H groups in total. The zero-order valence-electron chi connectivity index (χ0n) is 31.0. The number of likely N-dealkylation sites (tertiary alicyclic amines) is 1. The van der Waals surface area contributed by atoms with E-state index >= 15 is 0 Å². The summed E-state index contributed by atoms with van der Waals surface area (Å²) in [6.07, 6.45) is 6.30. The van der Waals surface area contributed by atoms with Crippen LogP contribution in [0, 0.1) is 11.8 Å². The van der Waals surface area contributed by atoms with Crippen LogP contribution in [0.4, 0.5) is 4.79 Å². The summed E-state index contributed by atoms with van der Waals surface area (Å²) in [5.74, 6) is 0.111. The molecule has 52 heavy (non-hydrogen) atoms. The third kappa shape index (κ3) is 9.51. The Morgan fingerprint density at radius 2 is 1.71 bits per heavy atom. The van der Waals surface area contributed by atoms with E-state index in [1.165, 1.54) is 31.3 Å². The summed E-state index contributed by atoms with van der Waals surface area (Å²) in [4.78, 5) is 60.3. The first-order chi connectivity index (χ1) is 25.1. The zero-order valence-corrected chi connectivity index (χ0v) is 31.0. The third-order valence-electron chi connectivity index (χ3n) is 10.1. The Hall–Kier alpha value is -4.87. The highest BCUT2D eigenvalue weighted by atomic mass is 16.5. The van der Waals surface area contributed by atoms with E-state index in [0.717, 1.165) is 23.8 Å². The van der Waals surface area contributed by atoms with Gasteiger partial charge in [-0.05, 0) is 43.2 Å². The van der Waals surface area contributed by atoms with Crippen LogP contribution in [0.1, 0.15) is 72.1 Å². The number of rotatable bonds is 14. The van der Waals surface area contributed by atoms with Crippen LogP contribution < -0.4 is 25.4 Å². The van der Waals surface area contributed by atoms with E-state index in [-0.39, 0.29) is 24.8 Å². The van der Waals surface area contributed by atoms with Crippen LogP contribution >= 0.6 is 0 Å². The minimum atomic E-state index is -0.978. The fourth-order valence-electron chi connectivity index (χ4n) is 7.14. The van der Waals surface area contributed by atoms with Crippen LogP contribution in [0.2, 0.25) is 0 Å². The van der Waals surface area contributed by atoms with Gasteiger partial charge in [-0.2, -0.15) is 0 Å². The molecule has 5 rings (SSSR count). The maximum Gasteiger partial charge on any atom is 0.328 e. The van der Waals surface area contributed by atoms with E-state index in [1.54, 1.807) is 7.11 Å². The Morgan fingerprint density at radius 1 is 0.962 bits per heavy atom. The van der Waals surface area contributed by atoms with Crippen molar-refractivity contribution >= 4 is 34.7 Å². The zero-order chi connectivity index (χ0) is 37.2. The van der Waals surface area contributed by atoms with E-state index in [0.29, 0.717) is 48.0 Å². The second kappa shape index (κ2) is 18.1. The number of methoxy groups -OCH3 is 2. The number of carbonyl (C=O) groups is 4. The Balaban J connectivity index is 1.41. The van der Waals surface area contributed by atoms with Gasteiger partial charge in [-0.1, -0.05) is 76.8 Å². The van der Waals surface area contributed by atoms with E-state index < -0.39 is 42.1 Å². The molecule has 3 aromatic rings. The second-order valence-corrected chi connectivity index (χ2v) is 14.2. The van der Waals surface area contributed by atoms with Gasteiger partial charge in [0.1, 0.15) is 35.7 Å². The number of aromatic nitrogens is 1. The third-order valence-corrected chi connectivity index (χ3v) is 10.1. The van der Waals surface area contributed by atoms with Gasteiger partial charge < -0.3 is 35.1 Å². The summed E-state index contributed by atoms with van der Waals surface area (Å²) in [7, 11) is 2.87. The molecule has 0 bridgehead atoms. The number of nitrogens with one attached hydrogen (secondary N) is 3.